The second-order valence-corrected chi connectivity index (χ2v) is 3.58. The molecule has 1 aromatic rings. The summed E-state index contributed by atoms with van der Waals surface area (Å²) in [5, 5.41) is 0. The lowest BCUT2D eigenvalue weighted by Crippen LogP contribution is -2.21. The molecule has 1 rings (SSSR count). The van der Waals surface area contributed by atoms with Crippen molar-refractivity contribution in [2.75, 3.05) is 6.61 Å². The number of ether oxygens (including phenoxy) is 1. The summed E-state index contributed by atoms with van der Waals surface area (Å²) in [5.41, 5.74) is 4.53. The van der Waals surface area contributed by atoms with E-state index in [9.17, 15) is 14.0 Å². The van der Waals surface area contributed by atoms with Crippen molar-refractivity contribution in [1.29, 1.82) is 0 Å². The molecule has 0 saturated heterocycles. The van der Waals surface area contributed by atoms with E-state index in [0.717, 1.165) is 6.07 Å². The van der Waals surface area contributed by atoms with Crippen LogP contribution in [0.15, 0.2) is 22.7 Å². The molecule has 0 aromatic heterocycles. The summed E-state index contributed by atoms with van der Waals surface area (Å²) in [5.74, 6) is -2.43. The molecule has 0 spiro atoms. The van der Waals surface area contributed by atoms with Gasteiger partial charge in [0.05, 0.1) is 5.56 Å². The van der Waals surface area contributed by atoms with E-state index in [1.54, 1.807) is 0 Å². The fraction of sp³-hybridized carbons (Fsp3) is 0.111. The molecule has 0 fully saturated rings. The zero-order valence-corrected chi connectivity index (χ0v) is 9.08. The number of carbonyl (C=O) groups excluding carboxylic acids is 2. The number of benzene rings is 1. The van der Waals surface area contributed by atoms with Crippen molar-refractivity contribution in [2.24, 2.45) is 5.73 Å². The average Bonchev–Trinajstić information content (AvgIpc) is 2.14. The number of amides is 1. The monoisotopic (exact) mass is 275 g/mol. The third-order valence-electron chi connectivity index (χ3n) is 1.50. The highest BCUT2D eigenvalue weighted by Gasteiger charge is 2.13. The summed E-state index contributed by atoms with van der Waals surface area (Å²) in [4.78, 5) is 21.5. The van der Waals surface area contributed by atoms with Crippen molar-refractivity contribution >= 4 is 27.8 Å². The van der Waals surface area contributed by atoms with E-state index in [0.29, 0.717) is 4.47 Å². The van der Waals surface area contributed by atoms with Gasteiger partial charge in [0.1, 0.15) is 5.82 Å². The van der Waals surface area contributed by atoms with Gasteiger partial charge in [-0.15, -0.1) is 0 Å². The Morgan fingerprint density at radius 1 is 1.47 bits per heavy atom. The van der Waals surface area contributed by atoms with Crippen molar-refractivity contribution < 1.29 is 18.7 Å². The number of primary amides is 1. The van der Waals surface area contributed by atoms with Crippen molar-refractivity contribution in [3.05, 3.63) is 34.1 Å². The van der Waals surface area contributed by atoms with Crippen LogP contribution in [0.5, 0.6) is 0 Å². The van der Waals surface area contributed by atoms with Crippen molar-refractivity contribution in [1.82, 2.24) is 0 Å². The summed E-state index contributed by atoms with van der Waals surface area (Å²) in [7, 11) is 0. The Labute approximate surface area is 93.3 Å². The van der Waals surface area contributed by atoms with Crippen molar-refractivity contribution in [3.63, 3.8) is 0 Å². The lowest BCUT2D eigenvalue weighted by Gasteiger charge is -2.03. The van der Waals surface area contributed by atoms with Gasteiger partial charge in [0.25, 0.3) is 5.91 Å². The van der Waals surface area contributed by atoms with Gasteiger partial charge in [-0.3, -0.25) is 4.79 Å². The Balaban J connectivity index is 2.78. The lowest BCUT2D eigenvalue weighted by molar-refractivity contribution is -0.121. The SMILES string of the molecule is NC(=O)COC(=O)c1ccc(Br)cc1F. The van der Waals surface area contributed by atoms with Gasteiger partial charge in [-0.25, -0.2) is 9.18 Å². The molecule has 6 heteroatoms. The fourth-order valence-electron chi connectivity index (χ4n) is 0.869. The Morgan fingerprint density at radius 2 is 2.13 bits per heavy atom. The Kier molecular flexibility index (Phi) is 3.79. The molecule has 2 N–H and O–H groups in total. The minimum absolute atomic E-state index is 0.237. The van der Waals surface area contributed by atoms with E-state index in [-0.39, 0.29) is 5.56 Å². The Morgan fingerprint density at radius 3 is 2.67 bits per heavy atom. The highest BCUT2D eigenvalue weighted by molar-refractivity contribution is 9.10. The normalized spacial score (nSPS) is 9.73. The number of hydrogen-bond donors (Lipinski definition) is 1. The molecule has 1 amide bonds. The van der Waals surface area contributed by atoms with Crippen molar-refractivity contribution in [2.45, 2.75) is 0 Å². The maximum atomic E-state index is 13.2. The number of rotatable bonds is 3. The summed E-state index contributed by atoms with van der Waals surface area (Å²) in [6.45, 7) is -0.561. The third-order valence-corrected chi connectivity index (χ3v) is 1.99. The van der Waals surface area contributed by atoms with Crippen LogP contribution in [-0.4, -0.2) is 18.5 Å². The minimum Gasteiger partial charge on any atom is -0.452 e. The first-order chi connectivity index (χ1) is 7.00. The largest absolute Gasteiger partial charge is 0.452 e. The first-order valence-electron chi connectivity index (χ1n) is 3.91. The van der Waals surface area contributed by atoms with Gasteiger partial charge in [0.2, 0.25) is 0 Å². The molecule has 0 unspecified atom stereocenters. The molecule has 0 radical (unpaired) electrons. The Hall–Kier alpha value is -1.43. The summed E-state index contributed by atoms with van der Waals surface area (Å²) < 4.78 is 18.1. The van der Waals surface area contributed by atoms with Crippen LogP contribution in [-0.2, 0) is 9.53 Å². The van der Waals surface area contributed by atoms with Gasteiger partial charge in [-0.05, 0) is 18.2 Å². The molecule has 1 aromatic carbocycles. The molecule has 15 heavy (non-hydrogen) atoms. The fourth-order valence-corrected chi connectivity index (χ4v) is 1.20. The molecular weight excluding hydrogens is 269 g/mol. The first-order valence-corrected chi connectivity index (χ1v) is 4.70. The summed E-state index contributed by atoms with van der Waals surface area (Å²) in [6.07, 6.45) is 0. The van der Waals surface area contributed by atoms with Crippen LogP contribution in [0, 0.1) is 5.82 Å². The second-order valence-electron chi connectivity index (χ2n) is 2.67. The summed E-state index contributed by atoms with van der Waals surface area (Å²) in [6, 6.07) is 3.87. The molecule has 0 aliphatic heterocycles. The predicted molar refractivity (Wildman–Crippen MR) is 53.6 cm³/mol. The van der Waals surface area contributed by atoms with E-state index >= 15 is 0 Å². The smallest absolute Gasteiger partial charge is 0.341 e. The molecule has 4 nitrogen and oxygen atoms in total. The van der Waals surface area contributed by atoms with Gasteiger partial charge in [-0.1, -0.05) is 15.9 Å². The highest BCUT2D eigenvalue weighted by Crippen LogP contribution is 2.15. The van der Waals surface area contributed by atoms with Crippen molar-refractivity contribution in [3.8, 4) is 0 Å². The number of hydrogen-bond acceptors (Lipinski definition) is 3. The van der Waals surface area contributed by atoms with E-state index in [1.807, 2.05) is 0 Å². The lowest BCUT2D eigenvalue weighted by atomic mass is 10.2. The predicted octanol–water partition coefficient (Wildman–Crippen LogP) is 1.23. The van der Waals surface area contributed by atoms with Crippen LogP contribution >= 0.6 is 15.9 Å². The van der Waals surface area contributed by atoms with Gasteiger partial charge < -0.3 is 10.5 Å². The molecule has 0 atom stereocenters. The molecule has 0 saturated carbocycles. The Bertz CT molecular complexity index is 408. The van der Waals surface area contributed by atoms with Crippen LogP contribution in [0.25, 0.3) is 0 Å². The van der Waals surface area contributed by atoms with E-state index < -0.39 is 24.3 Å². The average molecular weight is 276 g/mol. The number of esters is 1. The minimum atomic E-state index is -0.918. The molecule has 0 bridgehead atoms. The molecule has 0 aliphatic rings. The second kappa shape index (κ2) is 4.88. The molecule has 0 aliphatic carbocycles. The van der Waals surface area contributed by atoms with E-state index in [4.69, 9.17) is 5.73 Å². The zero-order valence-electron chi connectivity index (χ0n) is 7.50. The zero-order chi connectivity index (χ0) is 11.4. The van der Waals surface area contributed by atoms with Crippen LogP contribution < -0.4 is 5.73 Å². The van der Waals surface area contributed by atoms with E-state index in [1.165, 1.54) is 12.1 Å². The van der Waals surface area contributed by atoms with Crippen LogP contribution in [0.1, 0.15) is 10.4 Å². The topological polar surface area (TPSA) is 69.4 Å². The van der Waals surface area contributed by atoms with Gasteiger partial charge >= 0.3 is 5.97 Å². The number of halogens is 2. The van der Waals surface area contributed by atoms with Gasteiger partial charge in [-0.2, -0.15) is 0 Å². The maximum Gasteiger partial charge on any atom is 0.341 e. The maximum absolute atomic E-state index is 13.2. The van der Waals surface area contributed by atoms with E-state index in [2.05, 4.69) is 20.7 Å². The van der Waals surface area contributed by atoms with Crippen LogP contribution in [0.2, 0.25) is 0 Å². The highest BCUT2D eigenvalue weighted by atomic mass is 79.9. The standard InChI is InChI=1S/C9H7BrFNO3/c10-5-1-2-6(7(11)3-5)9(14)15-4-8(12)13/h1-3H,4H2,(H2,12,13). The number of carbonyl (C=O) groups is 2. The third kappa shape index (κ3) is 3.32. The molecular formula is C9H7BrFNO3. The first kappa shape index (κ1) is 11.6. The van der Waals surface area contributed by atoms with Gasteiger partial charge in [0, 0.05) is 4.47 Å². The quantitative estimate of drug-likeness (QED) is 0.844. The summed E-state index contributed by atoms with van der Waals surface area (Å²) >= 11 is 3.04. The van der Waals surface area contributed by atoms with Crippen LogP contribution in [0.4, 0.5) is 4.39 Å². The molecule has 80 valence electrons. The number of nitrogens with two attached hydrogens (primary N) is 1. The molecule has 0 heterocycles. The van der Waals surface area contributed by atoms with Gasteiger partial charge in [0.15, 0.2) is 6.61 Å². The van der Waals surface area contributed by atoms with Crippen LogP contribution in [0.3, 0.4) is 0 Å².